The molecule has 0 saturated heterocycles. The zero-order valence-corrected chi connectivity index (χ0v) is 16.2. The van der Waals surface area contributed by atoms with E-state index in [1.54, 1.807) is 11.3 Å². The van der Waals surface area contributed by atoms with Gasteiger partial charge in [0.05, 0.1) is 23.1 Å². The van der Waals surface area contributed by atoms with Gasteiger partial charge in [0.2, 0.25) is 0 Å². The molecule has 27 heavy (non-hydrogen) atoms. The average Bonchev–Trinajstić information content (AvgIpc) is 3.27. The Morgan fingerprint density at radius 2 is 2.07 bits per heavy atom. The summed E-state index contributed by atoms with van der Waals surface area (Å²) >= 11 is 1.76. The van der Waals surface area contributed by atoms with E-state index in [0.717, 1.165) is 34.3 Å². The summed E-state index contributed by atoms with van der Waals surface area (Å²) in [4.78, 5) is 13.7. The first kappa shape index (κ1) is 16.7. The molecule has 0 spiro atoms. The van der Waals surface area contributed by atoms with Crippen molar-refractivity contribution in [1.82, 2.24) is 19.5 Å². The van der Waals surface area contributed by atoms with Crippen molar-refractivity contribution in [2.24, 2.45) is 5.92 Å². The summed E-state index contributed by atoms with van der Waals surface area (Å²) in [5.74, 6) is 0.725. The van der Waals surface area contributed by atoms with Crippen molar-refractivity contribution in [3.8, 4) is 0 Å². The molecule has 5 rings (SSSR count). The van der Waals surface area contributed by atoms with Crippen molar-refractivity contribution in [2.75, 3.05) is 5.32 Å². The van der Waals surface area contributed by atoms with Crippen LogP contribution < -0.4 is 5.32 Å². The first-order valence-electron chi connectivity index (χ1n) is 9.68. The van der Waals surface area contributed by atoms with Crippen molar-refractivity contribution in [1.29, 1.82) is 0 Å². The number of hydrogen-bond acceptors (Lipinski definition) is 5. The van der Waals surface area contributed by atoms with E-state index in [1.807, 2.05) is 24.7 Å². The maximum absolute atomic E-state index is 4.81. The molecule has 6 heteroatoms. The van der Waals surface area contributed by atoms with Crippen LogP contribution in [0, 0.1) is 5.92 Å². The van der Waals surface area contributed by atoms with Gasteiger partial charge in [0.25, 0.3) is 0 Å². The SMILES string of the molecule is C[C@H]1CCCC[C@H]1Nc1nc2ccc(Cn3cnc4cccnc43)cc2s1. The minimum atomic E-state index is 0.558. The van der Waals surface area contributed by atoms with Gasteiger partial charge in [0.15, 0.2) is 10.8 Å². The molecule has 138 valence electrons. The molecule has 0 radical (unpaired) electrons. The highest BCUT2D eigenvalue weighted by Crippen LogP contribution is 2.31. The Kier molecular flexibility index (Phi) is 4.28. The van der Waals surface area contributed by atoms with Crippen LogP contribution in [0.4, 0.5) is 5.13 Å². The van der Waals surface area contributed by atoms with Gasteiger partial charge in [0, 0.05) is 12.2 Å². The highest BCUT2D eigenvalue weighted by Gasteiger charge is 2.22. The highest BCUT2D eigenvalue weighted by molar-refractivity contribution is 7.22. The molecule has 1 aliphatic rings. The van der Waals surface area contributed by atoms with E-state index in [2.05, 4.69) is 45.0 Å². The number of rotatable bonds is 4. The molecule has 0 bridgehead atoms. The smallest absolute Gasteiger partial charge is 0.184 e. The van der Waals surface area contributed by atoms with Crippen LogP contribution in [0.1, 0.15) is 38.2 Å². The summed E-state index contributed by atoms with van der Waals surface area (Å²) in [5, 5.41) is 4.74. The Morgan fingerprint density at radius 3 is 3.00 bits per heavy atom. The molecule has 1 aliphatic carbocycles. The largest absolute Gasteiger partial charge is 0.358 e. The number of imidazole rings is 1. The molecule has 0 aliphatic heterocycles. The minimum Gasteiger partial charge on any atom is -0.358 e. The van der Waals surface area contributed by atoms with E-state index in [0.29, 0.717) is 6.04 Å². The lowest BCUT2D eigenvalue weighted by atomic mass is 9.86. The first-order valence-corrected chi connectivity index (χ1v) is 10.5. The van der Waals surface area contributed by atoms with E-state index in [-0.39, 0.29) is 0 Å². The Morgan fingerprint density at radius 1 is 1.15 bits per heavy atom. The molecular formula is C21H23N5S. The van der Waals surface area contributed by atoms with Gasteiger partial charge >= 0.3 is 0 Å². The predicted octanol–water partition coefficient (Wildman–Crippen LogP) is 5.08. The van der Waals surface area contributed by atoms with Gasteiger partial charge in [-0.3, -0.25) is 0 Å². The van der Waals surface area contributed by atoms with Crippen LogP contribution in [-0.4, -0.2) is 25.6 Å². The second-order valence-electron chi connectivity index (χ2n) is 7.55. The number of benzene rings is 1. The summed E-state index contributed by atoms with van der Waals surface area (Å²) < 4.78 is 3.33. The molecule has 1 fully saturated rings. The monoisotopic (exact) mass is 377 g/mol. The topological polar surface area (TPSA) is 55.6 Å². The van der Waals surface area contributed by atoms with Gasteiger partial charge in [-0.1, -0.05) is 37.2 Å². The number of nitrogens with zero attached hydrogens (tertiary/aromatic N) is 4. The Hall–Kier alpha value is -2.47. The Bertz CT molecular complexity index is 1080. The van der Waals surface area contributed by atoms with Crippen LogP contribution in [-0.2, 0) is 6.54 Å². The molecule has 1 saturated carbocycles. The molecular weight excluding hydrogens is 354 g/mol. The molecule has 0 unspecified atom stereocenters. The third kappa shape index (κ3) is 3.30. The minimum absolute atomic E-state index is 0.558. The Labute approximate surface area is 162 Å². The second-order valence-corrected chi connectivity index (χ2v) is 8.58. The lowest BCUT2D eigenvalue weighted by molar-refractivity contribution is 0.349. The summed E-state index contributed by atoms with van der Waals surface area (Å²) in [6, 6.07) is 11.0. The number of anilines is 1. The van der Waals surface area contributed by atoms with Crippen LogP contribution >= 0.6 is 11.3 Å². The normalized spacial score (nSPS) is 20.3. The fraction of sp³-hybridized carbons (Fsp3) is 0.381. The maximum atomic E-state index is 4.81. The van der Waals surface area contributed by atoms with Crippen LogP contribution in [0.5, 0.6) is 0 Å². The van der Waals surface area contributed by atoms with Crippen molar-refractivity contribution in [2.45, 2.75) is 45.2 Å². The van der Waals surface area contributed by atoms with Crippen molar-refractivity contribution in [3.05, 3.63) is 48.4 Å². The lowest BCUT2D eigenvalue weighted by Gasteiger charge is -2.29. The van der Waals surface area contributed by atoms with E-state index in [1.165, 1.54) is 35.9 Å². The molecule has 5 nitrogen and oxygen atoms in total. The van der Waals surface area contributed by atoms with Gasteiger partial charge in [-0.2, -0.15) is 0 Å². The highest BCUT2D eigenvalue weighted by atomic mass is 32.1. The van der Waals surface area contributed by atoms with Crippen LogP contribution in [0.3, 0.4) is 0 Å². The standard InChI is InChI=1S/C21H23N5S/c1-14-5-2-3-6-16(14)24-21-25-17-9-8-15(11-19(17)27-21)12-26-13-23-18-7-4-10-22-20(18)26/h4,7-11,13-14,16H,2-3,5-6,12H2,1H3,(H,24,25)/t14-,16+/m0/s1. The van der Waals surface area contributed by atoms with Crippen molar-refractivity contribution in [3.63, 3.8) is 0 Å². The predicted molar refractivity (Wildman–Crippen MR) is 111 cm³/mol. The fourth-order valence-electron chi connectivity index (χ4n) is 4.03. The number of fused-ring (bicyclic) bond motifs is 2. The van der Waals surface area contributed by atoms with Gasteiger partial charge in [-0.05, 0) is 48.6 Å². The Balaban J connectivity index is 1.39. The summed E-state index contributed by atoms with van der Waals surface area (Å²) in [5.41, 5.74) is 4.18. The molecule has 4 aromatic rings. The van der Waals surface area contributed by atoms with Gasteiger partial charge in [0.1, 0.15) is 5.52 Å². The maximum Gasteiger partial charge on any atom is 0.184 e. The van der Waals surface area contributed by atoms with Gasteiger partial charge in [-0.15, -0.1) is 0 Å². The van der Waals surface area contributed by atoms with Crippen molar-refractivity contribution >= 4 is 37.8 Å². The molecule has 1 N–H and O–H groups in total. The number of thiazole rings is 1. The summed E-state index contributed by atoms with van der Waals surface area (Å²) in [7, 11) is 0. The quantitative estimate of drug-likeness (QED) is 0.539. The molecule has 3 aromatic heterocycles. The van der Waals surface area contributed by atoms with Crippen molar-refractivity contribution < 1.29 is 0 Å². The lowest BCUT2D eigenvalue weighted by Crippen LogP contribution is -2.30. The van der Waals surface area contributed by atoms with Gasteiger partial charge < -0.3 is 9.88 Å². The molecule has 1 aromatic carbocycles. The zero-order valence-electron chi connectivity index (χ0n) is 15.4. The van der Waals surface area contributed by atoms with Gasteiger partial charge in [-0.25, -0.2) is 15.0 Å². The van der Waals surface area contributed by atoms with E-state index in [9.17, 15) is 0 Å². The third-order valence-electron chi connectivity index (χ3n) is 5.60. The summed E-state index contributed by atoms with van der Waals surface area (Å²) in [6.45, 7) is 3.12. The first-order chi connectivity index (χ1) is 13.3. The molecule has 0 amide bonds. The zero-order chi connectivity index (χ0) is 18.2. The average molecular weight is 378 g/mol. The van der Waals surface area contributed by atoms with E-state index >= 15 is 0 Å². The van der Waals surface area contributed by atoms with Crippen LogP contribution in [0.15, 0.2) is 42.9 Å². The molecule has 2 atom stereocenters. The fourth-order valence-corrected chi connectivity index (χ4v) is 5.02. The molecule has 3 heterocycles. The second kappa shape index (κ2) is 6.93. The number of aromatic nitrogens is 4. The third-order valence-corrected chi connectivity index (χ3v) is 6.55. The number of pyridine rings is 1. The van der Waals surface area contributed by atoms with Crippen LogP contribution in [0.25, 0.3) is 21.4 Å². The number of hydrogen-bond donors (Lipinski definition) is 1. The number of nitrogens with one attached hydrogen (secondary N) is 1. The van der Waals surface area contributed by atoms with Crippen LogP contribution in [0.2, 0.25) is 0 Å². The van der Waals surface area contributed by atoms with E-state index in [4.69, 9.17) is 4.98 Å². The van der Waals surface area contributed by atoms with E-state index < -0.39 is 0 Å². The summed E-state index contributed by atoms with van der Waals surface area (Å²) in [6.07, 6.45) is 8.94.